The van der Waals surface area contributed by atoms with Crippen LogP contribution in [0.3, 0.4) is 0 Å². The topological polar surface area (TPSA) is 26.3 Å². The van der Waals surface area contributed by atoms with Crippen molar-refractivity contribution in [1.29, 1.82) is 0 Å². The number of hydrogen-bond donors (Lipinski definition) is 0. The van der Waals surface area contributed by atoms with E-state index in [4.69, 9.17) is 4.74 Å². The van der Waals surface area contributed by atoms with Gasteiger partial charge in [-0.1, -0.05) is 24.4 Å². The maximum atomic E-state index is 10.4. The second-order valence-corrected chi connectivity index (χ2v) is 2.33. The molecular weight excluding hydrogens is 148 g/mol. The van der Waals surface area contributed by atoms with Gasteiger partial charge >= 0.3 is 5.97 Å². The highest BCUT2D eigenvalue weighted by Gasteiger charge is 1.96. The summed E-state index contributed by atoms with van der Waals surface area (Å²) in [6, 6.07) is 0. The predicted molar refractivity (Wildman–Crippen MR) is 43.6 cm³/mol. The minimum atomic E-state index is -0.303. The van der Waals surface area contributed by atoms with Crippen LogP contribution in [0.25, 0.3) is 0 Å². The molecule has 0 saturated carbocycles. The second kappa shape index (κ2) is 5.11. The van der Waals surface area contributed by atoms with E-state index in [0.717, 1.165) is 0 Å². The largest absolute Gasteiger partial charge is 0.420 e. The first-order valence-corrected chi connectivity index (χ1v) is 3.98. The Hall–Kier alpha value is -0.700. The van der Waals surface area contributed by atoms with Crippen molar-refractivity contribution in [3.63, 3.8) is 0 Å². The number of hydrogen-bond acceptors (Lipinski definition) is 3. The molecule has 0 heterocycles. The van der Waals surface area contributed by atoms with Gasteiger partial charge in [-0.15, -0.1) is 0 Å². The van der Waals surface area contributed by atoms with E-state index in [1.807, 2.05) is 6.26 Å². The van der Waals surface area contributed by atoms with Gasteiger partial charge in [0, 0.05) is 6.92 Å². The molecule has 56 valence electrons. The van der Waals surface area contributed by atoms with Gasteiger partial charge in [0.2, 0.25) is 0 Å². The Morgan fingerprint density at radius 1 is 1.70 bits per heavy atom. The van der Waals surface area contributed by atoms with Crippen LogP contribution in [-0.4, -0.2) is 12.2 Å². The van der Waals surface area contributed by atoms with Crippen LogP contribution in [0, 0.1) is 0 Å². The average Bonchev–Trinajstić information content (AvgIpc) is 1.86. The average molecular weight is 158 g/mol. The SMILES string of the molecule is C=C/C=C(/OC(C)=O)SC. The van der Waals surface area contributed by atoms with Crippen LogP contribution < -0.4 is 0 Å². The first kappa shape index (κ1) is 9.30. The number of esters is 1. The molecule has 0 saturated heterocycles. The van der Waals surface area contributed by atoms with Crippen LogP contribution in [0.15, 0.2) is 23.8 Å². The maximum Gasteiger partial charge on any atom is 0.308 e. The minimum absolute atomic E-state index is 0.303. The fourth-order valence-electron chi connectivity index (χ4n) is 0.382. The van der Waals surface area contributed by atoms with Crippen LogP contribution in [0.1, 0.15) is 6.92 Å². The molecule has 0 atom stereocenters. The molecule has 0 aromatic carbocycles. The molecule has 0 N–H and O–H groups in total. The van der Waals surface area contributed by atoms with E-state index in [1.165, 1.54) is 18.7 Å². The van der Waals surface area contributed by atoms with Crippen LogP contribution in [0.4, 0.5) is 0 Å². The lowest BCUT2D eigenvalue weighted by Crippen LogP contribution is -1.94. The van der Waals surface area contributed by atoms with Crippen LogP contribution in [-0.2, 0) is 9.53 Å². The molecule has 0 rings (SSSR count). The number of ether oxygens (including phenoxy) is 1. The van der Waals surface area contributed by atoms with Crippen molar-refractivity contribution in [2.45, 2.75) is 6.92 Å². The molecule has 0 aliphatic carbocycles. The van der Waals surface area contributed by atoms with E-state index in [0.29, 0.717) is 5.09 Å². The van der Waals surface area contributed by atoms with Crippen molar-refractivity contribution < 1.29 is 9.53 Å². The third-order valence-electron chi connectivity index (χ3n) is 0.699. The fourth-order valence-corrected chi connectivity index (χ4v) is 0.815. The summed E-state index contributed by atoms with van der Waals surface area (Å²) in [5, 5.41) is 0.572. The summed E-state index contributed by atoms with van der Waals surface area (Å²) in [5.41, 5.74) is 0. The molecule has 3 heteroatoms. The molecule has 0 unspecified atom stereocenters. The number of allylic oxidation sites excluding steroid dienone is 2. The Kier molecular flexibility index (Phi) is 4.76. The molecule has 2 nitrogen and oxygen atoms in total. The van der Waals surface area contributed by atoms with Crippen molar-refractivity contribution in [1.82, 2.24) is 0 Å². The Morgan fingerprint density at radius 2 is 2.30 bits per heavy atom. The molecule has 10 heavy (non-hydrogen) atoms. The van der Waals surface area contributed by atoms with Gasteiger partial charge in [-0.3, -0.25) is 4.79 Å². The predicted octanol–water partition coefficient (Wildman–Crippen LogP) is 1.94. The summed E-state index contributed by atoms with van der Waals surface area (Å²) in [5.74, 6) is -0.303. The molecule has 0 aliphatic rings. The smallest absolute Gasteiger partial charge is 0.308 e. The number of carbonyl (C=O) groups is 1. The van der Waals surface area contributed by atoms with Crippen LogP contribution in [0.2, 0.25) is 0 Å². The van der Waals surface area contributed by atoms with Crippen molar-refractivity contribution in [3.8, 4) is 0 Å². The van der Waals surface area contributed by atoms with E-state index < -0.39 is 0 Å². The molecule has 0 radical (unpaired) electrons. The van der Waals surface area contributed by atoms with Crippen molar-refractivity contribution in [2.24, 2.45) is 0 Å². The van der Waals surface area contributed by atoms with E-state index in [2.05, 4.69) is 6.58 Å². The van der Waals surface area contributed by atoms with Gasteiger partial charge < -0.3 is 4.74 Å². The molecule has 0 aromatic heterocycles. The molecule has 0 aliphatic heterocycles. The first-order chi connectivity index (χ1) is 4.70. The summed E-state index contributed by atoms with van der Waals surface area (Å²) in [4.78, 5) is 10.4. The van der Waals surface area contributed by atoms with Crippen molar-refractivity contribution >= 4 is 17.7 Å². The monoisotopic (exact) mass is 158 g/mol. The van der Waals surface area contributed by atoms with Gasteiger partial charge in [-0.05, 0) is 12.3 Å². The quantitative estimate of drug-likeness (QED) is 0.356. The van der Waals surface area contributed by atoms with Gasteiger partial charge in [0.15, 0.2) is 5.09 Å². The van der Waals surface area contributed by atoms with E-state index in [-0.39, 0.29) is 5.97 Å². The van der Waals surface area contributed by atoms with E-state index in [9.17, 15) is 4.79 Å². The Balaban J connectivity index is 3.95. The van der Waals surface area contributed by atoms with Gasteiger partial charge in [0.1, 0.15) is 0 Å². The lowest BCUT2D eigenvalue weighted by molar-refractivity contribution is -0.135. The van der Waals surface area contributed by atoms with Gasteiger partial charge in [-0.25, -0.2) is 0 Å². The van der Waals surface area contributed by atoms with Crippen molar-refractivity contribution in [3.05, 3.63) is 23.8 Å². The van der Waals surface area contributed by atoms with Crippen molar-refractivity contribution in [2.75, 3.05) is 6.26 Å². The number of carbonyl (C=O) groups excluding carboxylic acids is 1. The molecule has 0 spiro atoms. The van der Waals surface area contributed by atoms with Gasteiger partial charge in [-0.2, -0.15) is 0 Å². The highest BCUT2D eigenvalue weighted by atomic mass is 32.2. The molecular formula is C7H10O2S. The Labute approximate surface area is 64.9 Å². The lowest BCUT2D eigenvalue weighted by Gasteiger charge is -2.00. The van der Waals surface area contributed by atoms with Crippen LogP contribution in [0.5, 0.6) is 0 Å². The zero-order chi connectivity index (χ0) is 7.98. The Morgan fingerprint density at radius 3 is 2.60 bits per heavy atom. The van der Waals surface area contributed by atoms with E-state index in [1.54, 1.807) is 12.2 Å². The summed E-state index contributed by atoms with van der Waals surface area (Å²) in [7, 11) is 0. The molecule has 0 bridgehead atoms. The second-order valence-electron chi connectivity index (χ2n) is 1.52. The standard InChI is InChI=1S/C7H10O2S/c1-4-5-7(10-3)9-6(2)8/h4-5H,1H2,2-3H3/b7-5-. The third kappa shape index (κ3) is 4.21. The summed E-state index contributed by atoms with van der Waals surface area (Å²) in [6.45, 7) is 4.84. The van der Waals surface area contributed by atoms with Crippen LogP contribution >= 0.6 is 11.8 Å². The maximum absolute atomic E-state index is 10.4. The molecule has 0 aromatic rings. The van der Waals surface area contributed by atoms with Gasteiger partial charge in [0.05, 0.1) is 0 Å². The number of thioether (sulfide) groups is 1. The summed E-state index contributed by atoms with van der Waals surface area (Å²) >= 11 is 1.37. The zero-order valence-corrected chi connectivity index (χ0v) is 6.90. The highest BCUT2D eigenvalue weighted by Crippen LogP contribution is 2.12. The third-order valence-corrected chi connectivity index (χ3v) is 1.32. The number of rotatable bonds is 3. The fraction of sp³-hybridized carbons (Fsp3) is 0.286. The zero-order valence-electron chi connectivity index (χ0n) is 6.09. The van der Waals surface area contributed by atoms with Gasteiger partial charge in [0.25, 0.3) is 0 Å². The molecule has 0 amide bonds. The summed E-state index contributed by atoms with van der Waals surface area (Å²) in [6.07, 6.45) is 5.05. The minimum Gasteiger partial charge on any atom is -0.420 e. The summed E-state index contributed by atoms with van der Waals surface area (Å²) < 4.78 is 4.75. The lowest BCUT2D eigenvalue weighted by atomic mass is 10.6. The first-order valence-electron chi connectivity index (χ1n) is 2.76. The Bertz CT molecular complexity index is 161. The molecule has 0 fully saturated rings. The normalized spacial score (nSPS) is 10.8. The highest BCUT2D eigenvalue weighted by molar-refractivity contribution is 8.02. The van der Waals surface area contributed by atoms with E-state index >= 15 is 0 Å².